The lowest BCUT2D eigenvalue weighted by atomic mass is 10.2. The Bertz CT molecular complexity index is 625. The highest BCUT2D eigenvalue weighted by Crippen LogP contribution is 2.16. The lowest BCUT2D eigenvalue weighted by molar-refractivity contribution is -0.690. The molecular weight excluding hydrogens is 262 g/mol. The molecule has 3 rings (SSSR count). The molecule has 0 aliphatic heterocycles. The van der Waals surface area contributed by atoms with Gasteiger partial charge in [0.15, 0.2) is 12.4 Å². The topological polar surface area (TPSA) is 42.8 Å². The summed E-state index contributed by atoms with van der Waals surface area (Å²) < 4.78 is 7.62. The van der Waals surface area contributed by atoms with Crippen LogP contribution in [-0.4, -0.2) is 10.2 Å². The first kappa shape index (κ1) is 13.2. The van der Waals surface area contributed by atoms with E-state index < -0.39 is 0 Å². The third kappa shape index (κ3) is 3.17. The van der Waals surface area contributed by atoms with Crippen LogP contribution in [0.3, 0.4) is 0 Å². The molecule has 0 radical (unpaired) electrons. The number of halogens is 1. The highest BCUT2D eigenvalue weighted by atomic mass is 35.5. The van der Waals surface area contributed by atoms with E-state index in [9.17, 15) is 0 Å². The summed E-state index contributed by atoms with van der Waals surface area (Å²) in [6, 6.07) is 15.7. The largest absolute Gasteiger partial charge is 1.00 e. The molecule has 0 unspecified atom stereocenters. The summed E-state index contributed by atoms with van der Waals surface area (Å²) >= 11 is 0. The highest BCUT2D eigenvalue weighted by Gasteiger charge is 2.11. The fourth-order valence-electron chi connectivity index (χ4n) is 1.71. The maximum absolute atomic E-state index is 5.63. The zero-order valence-corrected chi connectivity index (χ0v) is 10.9. The van der Waals surface area contributed by atoms with Crippen molar-refractivity contribution in [1.82, 2.24) is 10.2 Å². The van der Waals surface area contributed by atoms with Crippen molar-refractivity contribution in [2.45, 2.75) is 6.54 Å². The molecule has 0 N–H and O–H groups in total. The van der Waals surface area contributed by atoms with E-state index in [-0.39, 0.29) is 12.4 Å². The van der Waals surface area contributed by atoms with Gasteiger partial charge in [-0.05, 0) is 12.1 Å². The number of rotatable bonds is 3. The third-order valence-electron chi connectivity index (χ3n) is 2.58. The molecule has 4 nitrogen and oxygen atoms in total. The third-order valence-corrected chi connectivity index (χ3v) is 2.58. The van der Waals surface area contributed by atoms with Crippen molar-refractivity contribution in [3.63, 3.8) is 0 Å². The van der Waals surface area contributed by atoms with Gasteiger partial charge in [-0.15, -0.1) is 10.2 Å². The average Bonchev–Trinajstić information content (AvgIpc) is 2.89. The van der Waals surface area contributed by atoms with Gasteiger partial charge in [-0.1, -0.05) is 24.3 Å². The second kappa shape index (κ2) is 6.11. The molecule has 19 heavy (non-hydrogen) atoms. The quantitative estimate of drug-likeness (QED) is 0.580. The second-order valence-electron chi connectivity index (χ2n) is 3.91. The Morgan fingerprint density at radius 3 is 2.32 bits per heavy atom. The minimum Gasteiger partial charge on any atom is -1.00 e. The summed E-state index contributed by atoms with van der Waals surface area (Å²) in [6.07, 6.45) is 3.93. The molecule has 0 atom stereocenters. The van der Waals surface area contributed by atoms with Crippen LogP contribution in [0.2, 0.25) is 0 Å². The monoisotopic (exact) mass is 273 g/mol. The van der Waals surface area contributed by atoms with Crippen LogP contribution in [0, 0.1) is 0 Å². The zero-order valence-electron chi connectivity index (χ0n) is 10.1. The van der Waals surface area contributed by atoms with E-state index in [2.05, 4.69) is 10.2 Å². The van der Waals surface area contributed by atoms with Gasteiger partial charge in [0.2, 0.25) is 12.4 Å². The number of benzene rings is 1. The van der Waals surface area contributed by atoms with E-state index >= 15 is 0 Å². The van der Waals surface area contributed by atoms with Crippen molar-refractivity contribution in [1.29, 1.82) is 0 Å². The zero-order chi connectivity index (χ0) is 12.2. The minimum absolute atomic E-state index is 0. The Morgan fingerprint density at radius 2 is 1.58 bits per heavy atom. The molecule has 5 heteroatoms. The number of hydrogen-bond acceptors (Lipinski definition) is 3. The fourth-order valence-corrected chi connectivity index (χ4v) is 1.71. The van der Waals surface area contributed by atoms with Gasteiger partial charge in [0.25, 0.3) is 5.89 Å². The van der Waals surface area contributed by atoms with E-state index in [1.54, 1.807) is 0 Å². The molecule has 2 aromatic heterocycles. The van der Waals surface area contributed by atoms with E-state index in [4.69, 9.17) is 4.42 Å². The first-order valence-corrected chi connectivity index (χ1v) is 5.74. The second-order valence-corrected chi connectivity index (χ2v) is 3.91. The van der Waals surface area contributed by atoms with Crippen molar-refractivity contribution in [2.24, 2.45) is 0 Å². The molecular formula is C14H12ClN3O. The first-order valence-electron chi connectivity index (χ1n) is 5.74. The smallest absolute Gasteiger partial charge is 0.282 e. The summed E-state index contributed by atoms with van der Waals surface area (Å²) in [5.41, 5.74) is 0.939. The predicted octanol–water partition coefficient (Wildman–Crippen LogP) is -0.924. The van der Waals surface area contributed by atoms with Gasteiger partial charge in [-0.3, -0.25) is 0 Å². The number of hydrogen-bond donors (Lipinski definition) is 0. The van der Waals surface area contributed by atoms with Crippen LogP contribution < -0.4 is 17.0 Å². The van der Waals surface area contributed by atoms with E-state index in [0.29, 0.717) is 18.3 Å². The maximum Gasteiger partial charge on any atom is 0.282 e. The van der Waals surface area contributed by atoms with Gasteiger partial charge < -0.3 is 16.8 Å². The molecule has 1 aromatic carbocycles. The van der Waals surface area contributed by atoms with Crippen molar-refractivity contribution >= 4 is 0 Å². The van der Waals surface area contributed by atoms with Crippen LogP contribution in [0.5, 0.6) is 0 Å². The van der Waals surface area contributed by atoms with E-state index in [1.807, 2.05) is 65.5 Å². The molecule has 2 heterocycles. The van der Waals surface area contributed by atoms with E-state index in [0.717, 1.165) is 5.56 Å². The number of pyridine rings is 1. The van der Waals surface area contributed by atoms with Crippen LogP contribution >= 0.6 is 0 Å². The van der Waals surface area contributed by atoms with Crippen LogP contribution in [0.4, 0.5) is 0 Å². The lowest BCUT2D eigenvalue weighted by Crippen LogP contribution is -3.00. The van der Waals surface area contributed by atoms with Gasteiger partial charge in [0, 0.05) is 17.7 Å². The number of aromatic nitrogens is 3. The molecule has 3 aromatic rings. The minimum atomic E-state index is 0. The van der Waals surface area contributed by atoms with Gasteiger partial charge in [-0.25, -0.2) is 0 Å². The molecule has 0 fully saturated rings. The molecule has 96 valence electrons. The van der Waals surface area contributed by atoms with Gasteiger partial charge >= 0.3 is 0 Å². The van der Waals surface area contributed by atoms with Gasteiger partial charge in [0.05, 0.1) is 0 Å². The first-order chi connectivity index (χ1) is 8.92. The van der Waals surface area contributed by atoms with Gasteiger partial charge in [-0.2, -0.15) is 4.57 Å². The Labute approximate surface area is 117 Å². The summed E-state index contributed by atoms with van der Waals surface area (Å²) in [5, 5.41) is 8.10. The molecule has 0 saturated heterocycles. The van der Waals surface area contributed by atoms with Crippen LogP contribution in [0.1, 0.15) is 5.89 Å². The normalized spacial score (nSPS) is 9.89. The standard InChI is InChI=1S/C14H12N3O.ClH/c1-3-7-12(8-4-1)14-16-15-13(18-14)11-17-9-5-2-6-10-17;/h1-10H,11H2;1H/q+1;/p-1. The van der Waals surface area contributed by atoms with Crippen molar-refractivity contribution in [3.05, 3.63) is 66.8 Å². The Kier molecular flexibility index (Phi) is 4.26. The average molecular weight is 274 g/mol. The molecule has 0 spiro atoms. The van der Waals surface area contributed by atoms with E-state index in [1.165, 1.54) is 0 Å². The van der Waals surface area contributed by atoms with Crippen LogP contribution in [0.25, 0.3) is 11.5 Å². The van der Waals surface area contributed by atoms with Crippen molar-refractivity contribution in [2.75, 3.05) is 0 Å². The van der Waals surface area contributed by atoms with Crippen molar-refractivity contribution < 1.29 is 21.4 Å². The number of nitrogens with zero attached hydrogens (tertiary/aromatic N) is 3. The van der Waals surface area contributed by atoms with Crippen LogP contribution in [0.15, 0.2) is 65.3 Å². The Balaban J connectivity index is 0.00000133. The predicted molar refractivity (Wildman–Crippen MR) is 65.5 cm³/mol. The Hall–Kier alpha value is -2.20. The molecule has 0 aliphatic rings. The molecule has 0 amide bonds. The lowest BCUT2D eigenvalue weighted by Gasteiger charge is -1.92. The summed E-state index contributed by atoms with van der Waals surface area (Å²) in [4.78, 5) is 0. The van der Waals surface area contributed by atoms with Gasteiger partial charge in [0.1, 0.15) is 0 Å². The summed E-state index contributed by atoms with van der Waals surface area (Å²) in [6.45, 7) is 0.584. The Morgan fingerprint density at radius 1 is 0.895 bits per heavy atom. The molecule has 0 saturated carbocycles. The fraction of sp³-hybridized carbons (Fsp3) is 0.0714. The van der Waals surface area contributed by atoms with Crippen LogP contribution in [-0.2, 0) is 6.54 Å². The maximum atomic E-state index is 5.63. The SMILES string of the molecule is [Cl-].c1ccc(-c2nnc(C[n+]3ccccc3)o2)cc1. The molecule has 0 bridgehead atoms. The summed E-state index contributed by atoms with van der Waals surface area (Å²) in [5.74, 6) is 1.16. The van der Waals surface area contributed by atoms with Crippen molar-refractivity contribution in [3.8, 4) is 11.5 Å². The summed E-state index contributed by atoms with van der Waals surface area (Å²) in [7, 11) is 0. The molecule has 0 aliphatic carbocycles. The highest BCUT2D eigenvalue weighted by molar-refractivity contribution is 5.51.